The molecule has 0 aliphatic rings. The van der Waals surface area contributed by atoms with Gasteiger partial charge in [-0.05, 0) is 46.9 Å². The molecule has 3 rings (SSSR count). The Hall–Kier alpha value is -2.15. The van der Waals surface area contributed by atoms with Gasteiger partial charge in [0.05, 0.1) is 11.3 Å². The number of hydrogen-bond donors (Lipinski definition) is 2. The summed E-state index contributed by atoms with van der Waals surface area (Å²) in [5.41, 5.74) is 1.34. The van der Waals surface area contributed by atoms with Crippen LogP contribution in [0.5, 0.6) is 5.75 Å². The van der Waals surface area contributed by atoms with Gasteiger partial charge in [0.1, 0.15) is 5.52 Å². The van der Waals surface area contributed by atoms with Gasteiger partial charge in [-0.3, -0.25) is 9.78 Å². The fourth-order valence-corrected chi connectivity index (χ4v) is 2.59. The molecule has 3 aromatic rings. The third-order valence-corrected chi connectivity index (χ3v) is 4.06. The fraction of sp³-hybridized carbons (Fsp3) is 0.0588. The van der Waals surface area contributed by atoms with Gasteiger partial charge >= 0.3 is 0 Å². The van der Waals surface area contributed by atoms with Gasteiger partial charge in [0.25, 0.3) is 5.91 Å². The molecule has 5 heteroatoms. The molecule has 0 aliphatic heterocycles. The lowest BCUT2D eigenvalue weighted by molar-refractivity contribution is 0.102. The molecule has 1 aromatic heterocycles. The maximum Gasteiger partial charge on any atom is 0.259 e. The molecule has 112 valence electrons. The molecular weight excluding hydrogens is 391 g/mol. The topological polar surface area (TPSA) is 62.2 Å². The SMILES string of the molecule is C.O=C(Nc1ccccc1I)c1ccc2cccnc2c1O. The number of para-hydroxylation sites is 1. The number of carbonyl (C=O) groups excluding carboxylic acids is 1. The number of nitrogens with one attached hydrogen (secondary N) is 1. The molecule has 0 saturated carbocycles. The van der Waals surface area contributed by atoms with Crippen molar-refractivity contribution in [2.45, 2.75) is 7.43 Å². The summed E-state index contributed by atoms with van der Waals surface area (Å²) in [6.07, 6.45) is 1.59. The number of phenolic OH excluding ortho intramolecular Hbond substituents is 1. The number of aromatic hydroxyl groups is 1. The van der Waals surface area contributed by atoms with Crippen LogP contribution in [0.3, 0.4) is 0 Å². The minimum atomic E-state index is -0.357. The Morgan fingerprint density at radius 2 is 1.86 bits per heavy atom. The lowest BCUT2D eigenvalue weighted by Crippen LogP contribution is -2.13. The molecule has 0 atom stereocenters. The van der Waals surface area contributed by atoms with E-state index in [2.05, 4.69) is 32.9 Å². The molecule has 0 spiro atoms. The number of pyridine rings is 1. The highest BCUT2D eigenvalue weighted by molar-refractivity contribution is 14.1. The molecule has 2 N–H and O–H groups in total. The molecule has 4 nitrogen and oxygen atoms in total. The van der Waals surface area contributed by atoms with Gasteiger partial charge in [0, 0.05) is 15.2 Å². The monoisotopic (exact) mass is 406 g/mol. The summed E-state index contributed by atoms with van der Waals surface area (Å²) in [4.78, 5) is 16.4. The second-order valence-electron chi connectivity index (χ2n) is 4.47. The van der Waals surface area contributed by atoms with Crippen molar-refractivity contribution in [2.24, 2.45) is 0 Å². The molecule has 0 saturated heterocycles. The molecule has 0 aliphatic carbocycles. The van der Waals surface area contributed by atoms with E-state index in [4.69, 9.17) is 0 Å². The van der Waals surface area contributed by atoms with Crippen molar-refractivity contribution < 1.29 is 9.90 Å². The van der Waals surface area contributed by atoms with Crippen LogP contribution in [0, 0.1) is 3.57 Å². The Bertz CT molecular complexity index is 834. The minimum absolute atomic E-state index is 0. The van der Waals surface area contributed by atoms with Crippen molar-refractivity contribution >= 4 is 45.1 Å². The Balaban J connectivity index is 0.00000176. The van der Waals surface area contributed by atoms with E-state index < -0.39 is 0 Å². The Morgan fingerprint density at radius 1 is 1.09 bits per heavy atom. The normalized spacial score (nSPS) is 10.0. The highest BCUT2D eigenvalue weighted by Gasteiger charge is 2.15. The van der Waals surface area contributed by atoms with Crippen LogP contribution in [0.4, 0.5) is 5.69 Å². The average Bonchev–Trinajstić information content (AvgIpc) is 2.50. The molecule has 0 fully saturated rings. The van der Waals surface area contributed by atoms with Gasteiger partial charge in [-0.2, -0.15) is 0 Å². The molecule has 2 aromatic carbocycles. The minimum Gasteiger partial charge on any atom is -0.505 e. The highest BCUT2D eigenvalue weighted by atomic mass is 127. The van der Waals surface area contributed by atoms with E-state index in [0.29, 0.717) is 11.2 Å². The predicted octanol–water partition coefficient (Wildman–Crippen LogP) is 4.43. The first-order valence-electron chi connectivity index (χ1n) is 6.29. The first kappa shape index (κ1) is 16.2. The number of fused-ring (bicyclic) bond motifs is 1. The Morgan fingerprint density at radius 3 is 2.64 bits per heavy atom. The summed E-state index contributed by atoms with van der Waals surface area (Å²) in [5, 5.41) is 13.8. The van der Waals surface area contributed by atoms with Crippen LogP contribution >= 0.6 is 22.6 Å². The van der Waals surface area contributed by atoms with E-state index in [0.717, 1.165) is 8.96 Å². The molecule has 1 amide bonds. The van der Waals surface area contributed by atoms with Crippen molar-refractivity contribution in [3.8, 4) is 5.75 Å². The second kappa shape index (κ2) is 6.74. The number of amides is 1. The average molecular weight is 406 g/mol. The number of benzene rings is 2. The van der Waals surface area contributed by atoms with Crippen molar-refractivity contribution in [2.75, 3.05) is 5.32 Å². The van der Waals surface area contributed by atoms with Crippen LogP contribution in [-0.2, 0) is 0 Å². The van der Waals surface area contributed by atoms with Crippen LogP contribution in [0.2, 0.25) is 0 Å². The van der Waals surface area contributed by atoms with Crippen molar-refractivity contribution in [3.63, 3.8) is 0 Å². The number of nitrogens with zero attached hydrogens (tertiary/aromatic N) is 1. The largest absolute Gasteiger partial charge is 0.505 e. The van der Waals surface area contributed by atoms with Crippen molar-refractivity contribution in [3.05, 3.63) is 63.9 Å². The summed E-state index contributed by atoms with van der Waals surface area (Å²) in [7, 11) is 0. The molecular formula is C17H15IN2O2. The summed E-state index contributed by atoms with van der Waals surface area (Å²) in [6, 6.07) is 14.5. The summed E-state index contributed by atoms with van der Waals surface area (Å²) in [6.45, 7) is 0. The second-order valence-corrected chi connectivity index (χ2v) is 5.63. The summed E-state index contributed by atoms with van der Waals surface area (Å²) in [5.74, 6) is -0.458. The fourth-order valence-electron chi connectivity index (χ4n) is 2.07. The molecule has 1 heterocycles. The first-order chi connectivity index (χ1) is 10.2. The maximum absolute atomic E-state index is 12.3. The van der Waals surface area contributed by atoms with E-state index >= 15 is 0 Å². The molecule has 0 bridgehead atoms. The number of phenols is 1. The Labute approximate surface area is 142 Å². The third-order valence-electron chi connectivity index (χ3n) is 3.11. The smallest absolute Gasteiger partial charge is 0.259 e. The number of halogens is 1. The third kappa shape index (κ3) is 3.04. The quantitative estimate of drug-likeness (QED) is 0.619. The van der Waals surface area contributed by atoms with Crippen LogP contribution in [0.15, 0.2) is 54.7 Å². The van der Waals surface area contributed by atoms with Gasteiger partial charge in [-0.25, -0.2) is 0 Å². The number of hydrogen-bond acceptors (Lipinski definition) is 3. The first-order valence-corrected chi connectivity index (χ1v) is 7.37. The number of carbonyl (C=O) groups is 1. The van der Waals surface area contributed by atoms with Crippen LogP contribution in [-0.4, -0.2) is 16.0 Å². The van der Waals surface area contributed by atoms with Gasteiger partial charge in [0.15, 0.2) is 5.75 Å². The van der Waals surface area contributed by atoms with Gasteiger partial charge in [0.2, 0.25) is 0 Å². The summed E-state index contributed by atoms with van der Waals surface area (Å²) < 4.78 is 0.932. The van der Waals surface area contributed by atoms with E-state index in [1.807, 2.05) is 30.3 Å². The lowest BCUT2D eigenvalue weighted by Gasteiger charge is -2.09. The zero-order valence-electron chi connectivity index (χ0n) is 10.9. The summed E-state index contributed by atoms with van der Waals surface area (Å²) >= 11 is 2.15. The van der Waals surface area contributed by atoms with Crippen LogP contribution in [0.1, 0.15) is 17.8 Å². The Kier molecular flexibility index (Phi) is 4.97. The van der Waals surface area contributed by atoms with Crippen molar-refractivity contribution in [1.29, 1.82) is 0 Å². The van der Waals surface area contributed by atoms with Gasteiger partial charge < -0.3 is 10.4 Å². The van der Waals surface area contributed by atoms with E-state index in [1.54, 1.807) is 24.4 Å². The number of aromatic nitrogens is 1. The van der Waals surface area contributed by atoms with E-state index in [1.165, 1.54) is 0 Å². The van der Waals surface area contributed by atoms with Crippen LogP contribution in [0.25, 0.3) is 10.9 Å². The van der Waals surface area contributed by atoms with Gasteiger partial charge in [-0.15, -0.1) is 0 Å². The van der Waals surface area contributed by atoms with Crippen LogP contribution < -0.4 is 5.32 Å². The standard InChI is InChI=1S/C16H11IN2O2.CH4/c17-12-5-1-2-6-13(12)19-16(21)11-8-7-10-4-3-9-18-14(10)15(11)20;/h1-9,20H,(H,19,21);1H4. The zero-order chi connectivity index (χ0) is 14.8. The zero-order valence-corrected chi connectivity index (χ0v) is 13.0. The molecule has 0 radical (unpaired) electrons. The highest BCUT2D eigenvalue weighted by Crippen LogP contribution is 2.28. The lowest BCUT2D eigenvalue weighted by atomic mass is 10.1. The number of anilines is 1. The maximum atomic E-state index is 12.3. The van der Waals surface area contributed by atoms with E-state index in [9.17, 15) is 9.90 Å². The molecule has 0 unspecified atom stereocenters. The van der Waals surface area contributed by atoms with E-state index in [-0.39, 0.29) is 24.6 Å². The predicted molar refractivity (Wildman–Crippen MR) is 97.3 cm³/mol. The van der Waals surface area contributed by atoms with Crippen molar-refractivity contribution in [1.82, 2.24) is 4.98 Å². The van der Waals surface area contributed by atoms with Gasteiger partial charge in [-0.1, -0.05) is 31.7 Å². The molecule has 22 heavy (non-hydrogen) atoms. The number of rotatable bonds is 2.